The van der Waals surface area contributed by atoms with E-state index < -0.39 is 0 Å². The van der Waals surface area contributed by atoms with Crippen LogP contribution in [0.15, 0.2) is 24.3 Å². The van der Waals surface area contributed by atoms with Crippen molar-refractivity contribution < 1.29 is 4.74 Å². The molecule has 0 spiro atoms. The van der Waals surface area contributed by atoms with Crippen LogP contribution in [-0.2, 0) is 11.3 Å². The molecule has 110 valence electrons. The first kappa shape index (κ1) is 14.1. The van der Waals surface area contributed by atoms with Crippen LogP contribution in [0.2, 0.25) is 0 Å². The van der Waals surface area contributed by atoms with Crippen molar-refractivity contribution in [3.63, 3.8) is 0 Å². The molecule has 3 rings (SSSR count). The molecule has 1 fully saturated rings. The maximum absolute atomic E-state index is 8.90. The van der Waals surface area contributed by atoms with Crippen molar-refractivity contribution in [1.29, 1.82) is 5.26 Å². The van der Waals surface area contributed by atoms with Crippen molar-refractivity contribution in [3.05, 3.63) is 30.1 Å². The molecular weight excluding hydrogens is 264 g/mol. The van der Waals surface area contributed by atoms with Gasteiger partial charge in [-0.05, 0) is 19.1 Å². The third kappa shape index (κ3) is 2.78. The normalized spacial score (nSPS) is 17.7. The number of benzene rings is 1. The highest BCUT2D eigenvalue weighted by Gasteiger charge is 2.23. The molecule has 1 aliphatic heterocycles. The van der Waals surface area contributed by atoms with Crippen LogP contribution in [0.25, 0.3) is 11.0 Å². The average molecular weight is 284 g/mol. The number of hydrogen-bond acceptors (Lipinski definition) is 4. The average Bonchev–Trinajstić information content (AvgIpc) is 2.91. The van der Waals surface area contributed by atoms with Gasteiger partial charge in [0, 0.05) is 19.6 Å². The molecule has 0 saturated carbocycles. The predicted molar refractivity (Wildman–Crippen MR) is 80.8 cm³/mol. The number of ether oxygens (including phenoxy) is 1. The molecule has 1 aromatic heterocycles. The lowest BCUT2D eigenvalue weighted by Crippen LogP contribution is -2.39. The Bertz CT molecular complexity index is 652. The van der Waals surface area contributed by atoms with E-state index in [1.165, 1.54) is 0 Å². The number of morpholine rings is 1. The van der Waals surface area contributed by atoms with E-state index in [1.807, 2.05) is 18.2 Å². The highest BCUT2D eigenvalue weighted by Crippen LogP contribution is 2.25. The molecule has 1 atom stereocenters. The number of fused-ring (bicyclic) bond motifs is 1. The van der Waals surface area contributed by atoms with Crippen LogP contribution in [0.5, 0.6) is 0 Å². The van der Waals surface area contributed by atoms with Gasteiger partial charge < -0.3 is 9.30 Å². The molecule has 2 heterocycles. The van der Waals surface area contributed by atoms with E-state index in [0.29, 0.717) is 13.0 Å². The van der Waals surface area contributed by atoms with E-state index in [0.717, 1.165) is 43.2 Å². The van der Waals surface area contributed by atoms with Gasteiger partial charge in [0.2, 0.25) is 0 Å². The first-order chi connectivity index (χ1) is 10.3. The zero-order valence-corrected chi connectivity index (χ0v) is 12.3. The molecule has 0 amide bonds. The molecule has 0 bridgehead atoms. The van der Waals surface area contributed by atoms with E-state index in [9.17, 15) is 0 Å². The molecule has 1 unspecified atom stereocenters. The first-order valence-corrected chi connectivity index (χ1v) is 7.45. The fourth-order valence-corrected chi connectivity index (χ4v) is 2.94. The second-order valence-electron chi connectivity index (χ2n) is 5.34. The fraction of sp³-hybridized carbons (Fsp3) is 0.500. The maximum atomic E-state index is 8.90. The molecule has 0 N–H and O–H groups in total. The van der Waals surface area contributed by atoms with Gasteiger partial charge in [0.15, 0.2) is 0 Å². The molecular formula is C16H20N4O. The van der Waals surface area contributed by atoms with Gasteiger partial charge in [-0.3, -0.25) is 4.90 Å². The minimum absolute atomic E-state index is 0.236. The molecule has 0 radical (unpaired) electrons. The second kappa shape index (κ2) is 6.25. The molecule has 1 saturated heterocycles. The van der Waals surface area contributed by atoms with Crippen LogP contribution in [0.1, 0.15) is 25.2 Å². The van der Waals surface area contributed by atoms with Gasteiger partial charge >= 0.3 is 0 Å². The smallest absolute Gasteiger partial charge is 0.127 e. The van der Waals surface area contributed by atoms with Crippen molar-refractivity contribution in [1.82, 2.24) is 14.5 Å². The third-order valence-corrected chi connectivity index (χ3v) is 4.10. The number of para-hydroxylation sites is 2. The van der Waals surface area contributed by atoms with Crippen LogP contribution in [-0.4, -0.2) is 40.8 Å². The molecule has 21 heavy (non-hydrogen) atoms. The Hall–Kier alpha value is -1.90. The Kier molecular flexibility index (Phi) is 4.18. The Morgan fingerprint density at radius 3 is 2.86 bits per heavy atom. The summed E-state index contributed by atoms with van der Waals surface area (Å²) in [6, 6.07) is 10.6. The largest absolute Gasteiger partial charge is 0.379 e. The zero-order valence-electron chi connectivity index (χ0n) is 12.3. The molecule has 1 aliphatic rings. The number of rotatable bonds is 4. The summed E-state index contributed by atoms with van der Waals surface area (Å²) in [5.41, 5.74) is 2.12. The van der Waals surface area contributed by atoms with Gasteiger partial charge in [-0.1, -0.05) is 12.1 Å². The molecule has 5 heteroatoms. The number of nitrogens with zero attached hydrogens (tertiary/aromatic N) is 4. The van der Waals surface area contributed by atoms with Gasteiger partial charge in [-0.2, -0.15) is 5.26 Å². The molecule has 5 nitrogen and oxygen atoms in total. The molecule has 0 aliphatic carbocycles. The van der Waals surface area contributed by atoms with E-state index in [4.69, 9.17) is 15.0 Å². The Morgan fingerprint density at radius 1 is 1.33 bits per heavy atom. The number of aryl methyl sites for hydroxylation is 1. The van der Waals surface area contributed by atoms with Crippen molar-refractivity contribution in [2.24, 2.45) is 0 Å². The van der Waals surface area contributed by atoms with E-state index in [-0.39, 0.29) is 6.04 Å². The highest BCUT2D eigenvalue weighted by molar-refractivity contribution is 5.76. The van der Waals surface area contributed by atoms with Crippen LogP contribution >= 0.6 is 0 Å². The Labute approximate surface area is 124 Å². The van der Waals surface area contributed by atoms with Crippen molar-refractivity contribution in [2.45, 2.75) is 25.9 Å². The Balaban J connectivity index is 1.97. The third-order valence-electron chi connectivity index (χ3n) is 4.10. The maximum Gasteiger partial charge on any atom is 0.127 e. The number of imidazole rings is 1. The SMILES string of the molecule is CC(c1nc2ccccc2n1CCC#N)N1CCOCC1. The lowest BCUT2D eigenvalue weighted by molar-refractivity contribution is 0.0176. The second-order valence-corrected chi connectivity index (χ2v) is 5.34. The summed E-state index contributed by atoms with van der Waals surface area (Å²) in [5, 5.41) is 8.90. The van der Waals surface area contributed by atoms with Gasteiger partial charge in [0.05, 0.1) is 42.8 Å². The predicted octanol–water partition coefficient (Wildman–Crippen LogP) is 2.34. The van der Waals surface area contributed by atoms with Crippen LogP contribution in [0.4, 0.5) is 0 Å². The number of aromatic nitrogens is 2. The van der Waals surface area contributed by atoms with E-state index in [1.54, 1.807) is 0 Å². The minimum atomic E-state index is 0.236. The summed E-state index contributed by atoms with van der Waals surface area (Å²) in [4.78, 5) is 7.21. The molecule has 2 aromatic rings. The lowest BCUT2D eigenvalue weighted by atomic mass is 10.2. The van der Waals surface area contributed by atoms with Gasteiger partial charge in [-0.25, -0.2) is 4.98 Å². The van der Waals surface area contributed by atoms with Crippen LogP contribution in [0, 0.1) is 11.3 Å². The summed E-state index contributed by atoms with van der Waals surface area (Å²) in [6.07, 6.45) is 0.503. The fourth-order valence-electron chi connectivity index (χ4n) is 2.94. The quantitative estimate of drug-likeness (QED) is 0.864. The number of hydrogen-bond donors (Lipinski definition) is 0. The first-order valence-electron chi connectivity index (χ1n) is 7.45. The summed E-state index contributed by atoms with van der Waals surface area (Å²) in [5.74, 6) is 1.05. The lowest BCUT2D eigenvalue weighted by Gasteiger charge is -2.32. The number of nitriles is 1. The summed E-state index contributed by atoms with van der Waals surface area (Å²) >= 11 is 0. The highest BCUT2D eigenvalue weighted by atomic mass is 16.5. The van der Waals surface area contributed by atoms with E-state index >= 15 is 0 Å². The Morgan fingerprint density at radius 2 is 2.10 bits per heavy atom. The summed E-state index contributed by atoms with van der Waals surface area (Å²) in [7, 11) is 0. The topological polar surface area (TPSA) is 54.1 Å². The van der Waals surface area contributed by atoms with Crippen molar-refractivity contribution >= 4 is 11.0 Å². The van der Waals surface area contributed by atoms with Crippen molar-refractivity contribution in [3.8, 4) is 6.07 Å². The van der Waals surface area contributed by atoms with Gasteiger partial charge in [-0.15, -0.1) is 0 Å². The summed E-state index contributed by atoms with van der Waals surface area (Å²) < 4.78 is 7.62. The summed E-state index contributed by atoms with van der Waals surface area (Å²) in [6.45, 7) is 6.31. The van der Waals surface area contributed by atoms with Crippen LogP contribution < -0.4 is 0 Å². The monoisotopic (exact) mass is 284 g/mol. The van der Waals surface area contributed by atoms with Gasteiger partial charge in [0.1, 0.15) is 5.82 Å². The van der Waals surface area contributed by atoms with Gasteiger partial charge in [0.25, 0.3) is 0 Å². The van der Waals surface area contributed by atoms with Crippen LogP contribution in [0.3, 0.4) is 0 Å². The zero-order chi connectivity index (χ0) is 14.7. The van der Waals surface area contributed by atoms with E-state index in [2.05, 4.69) is 28.5 Å². The molecule has 1 aromatic carbocycles. The van der Waals surface area contributed by atoms with Crippen molar-refractivity contribution in [2.75, 3.05) is 26.3 Å². The minimum Gasteiger partial charge on any atom is -0.379 e. The standard InChI is InChI=1S/C16H20N4O/c1-13(19-9-11-21-12-10-19)16-18-14-5-2-3-6-15(14)20(16)8-4-7-17/h2-3,5-6,13H,4,8-12H2,1H3.